The van der Waals surface area contributed by atoms with Crippen LogP contribution in [-0.2, 0) is 10.0 Å². The lowest BCUT2D eigenvalue weighted by Crippen LogP contribution is -2.46. The number of sulfonamides is 1. The van der Waals surface area contributed by atoms with Crippen LogP contribution in [0.5, 0.6) is 0 Å². The van der Waals surface area contributed by atoms with Gasteiger partial charge in [0.15, 0.2) is 0 Å². The van der Waals surface area contributed by atoms with Gasteiger partial charge in [0.2, 0.25) is 10.0 Å². The Kier molecular flexibility index (Phi) is 6.96. The van der Waals surface area contributed by atoms with Crippen LogP contribution in [0.1, 0.15) is 28.8 Å². The number of hydrogen-bond donors (Lipinski definition) is 1. The highest BCUT2D eigenvalue weighted by molar-refractivity contribution is 7.99. The van der Waals surface area contributed by atoms with E-state index in [2.05, 4.69) is 10.8 Å². The Hall–Kier alpha value is -2.64. The second-order valence-corrected chi connectivity index (χ2v) is 11.3. The van der Waals surface area contributed by atoms with Crippen molar-refractivity contribution < 1.29 is 13.2 Å². The smallest absolute Gasteiger partial charge is 0.255 e. The highest BCUT2D eigenvalue weighted by Crippen LogP contribution is 2.33. The normalized spacial score (nSPS) is 14.8. The summed E-state index contributed by atoms with van der Waals surface area (Å²) in [5.41, 5.74) is 1.15. The fourth-order valence-electron chi connectivity index (χ4n) is 3.56. The van der Waals surface area contributed by atoms with Crippen LogP contribution in [-0.4, -0.2) is 38.4 Å². The summed E-state index contributed by atoms with van der Waals surface area (Å²) in [6.07, 6.45) is 1.12. The molecule has 164 valence electrons. The van der Waals surface area contributed by atoms with E-state index in [1.165, 1.54) is 23.1 Å². The standard InChI is InChI=1S/C23H21N3O3S3/c24-16-17-6-1-3-8-20(17)31-21-9-4-2-7-19(21)23(27)26-13-11-18(12-14-26)25-32(28,29)22-10-5-15-30-22/h1-10,15,18,25H,11-14H2. The molecule has 0 atom stereocenters. The van der Waals surface area contributed by atoms with Crippen LogP contribution in [0.25, 0.3) is 0 Å². The van der Waals surface area contributed by atoms with E-state index in [-0.39, 0.29) is 11.9 Å². The molecule has 9 heteroatoms. The van der Waals surface area contributed by atoms with Gasteiger partial charge in [-0.2, -0.15) is 5.26 Å². The zero-order valence-electron chi connectivity index (χ0n) is 17.1. The van der Waals surface area contributed by atoms with Gasteiger partial charge in [-0.05, 0) is 48.6 Å². The minimum Gasteiger partial charge on any atom is -0.338 e. The molecule has 1 N–H and O–H groups in total. The first-order valence-electron chi connectivity index (χ1n) is 10.1. The van der Waals surface area contributed by atoms with Gasteiger partial charge in [-0.25, -0.2) is 13.1 Å². The Morgan fingerprint density at radius 1 is 1.03 bits per heavy atom. The topological polar surface area (TPSA) is 90.3 Å². The summed E-state index contributed by atoms with van der Waals surface area (Å²) in [7, 11) is -3.52. The van der Waals surface area contributed by atoms with Crippen molar-refractivity contribution in [3.63, 3.8) is 0 Å². The molecule has 2 heterocycles. The highest BCUT2D eigenvalue weighted by Gasteiger charge is 2.28. The predicted octanol–water partition coefficient (Wildman–Crippen LogP) is 4.35. The maximum absolute atomic E-state index is 13.3. The van der Waals surface area contributed by atoms with Crippen molar-refractivity contribution in [1.29, 1.82) is 5.26 Å². The van der Waals surface area contributed by atoms with Gasteiger partial charge in [0.05, 0.1) is 11.1 Å². The van der Waals surface area contributed by atoms with Crippen LogP contribution in [0.2, 0.25) is 0 Å². The van der Waals surface area contributed by atoms with E-state index in [9.17, 15) is 18.5 Å². The second kappa shape index (κ2) is 9.88. The Bertz CT molecular complexity index is 1240. The number of thiophene rings is 1. The minimum atomic E-state index is -3.52. The maximum atomic E-state index is 13.3. The largest absolute Gasteiger partial charge is 0.338 e. The maximum Gasteiger partial charge on any atom is 0.255 e. The first kappa shape index (κ1) is 22.6. The SMILES string of the molecule is N#Cc1ccccc1Sc1ccccc1C(=O)N1CCC(NS(=O)(=O)c2cccs2)CC1. The number of amides is 1. The highest BCUT2D eigenvalue weighted by atomic mass is 32.2. The van der Waals surface area contributed by atoms with E-state index in [1.807, 2.05) is 36.4 Å². The lowest BCUT2D eigenvalue weighted by atomic mass is 10.0. The molecule has 6 nitrogen and oxygen atoms in total. The fourth-order valence-corrected chi connectivity index (χ4v) is 6.90. The number of hydrogen-bond acceptors (Lipinski definition) is 6. The van der Waals surface area contributed by atoms with Gasteiger partial charge in [0, 0.05) is 28.9 Å². The van der Waals surface area contributed by atoms with E-state index in [0.717, 1.165) is 9.79 Å². The third-order valence-electron chi connectivity index (χ3n) is 5.21. The molecule has 0 unspecified atom stereocenters. The first-order chi connectivity index (χ1) is 15.5. The minimum absolute atomic E-state index is 0.0814. The molecular formula is C23H21N3O3S3. The summed E-state index contributed by atoms with van der Waals surface area (Å²) in [6.45, 7) is 0.953. The van der Waals surface area contributed by atoms with Gasteiger partial charge >= 0.3 is 0 Å². The van der Waals surface area contributed by atoms with Gasteiger partial charge in [0.1, 0.15) is 10.3 Å². The van der Waals surface area contributed by atoms with Gasteiger partial charge < -0.3 is 4.90 Å². The van der Waals surface area contributed by atoms with Gasteiger partial charge in [-0.1, -0.05) is 42.1 Å². The number of benzene rings is 2. The molecule has 1 saturated heterocycles. The molecule has 0 saturated carbocycles. The molecule has 0 radical (unpaired) electrons. The summed E-state index contributed by atoms with van der Waals surface area (Å²) < 4.78 is 28.0. The molecule has 4 rings (SSSR count). The van der Waals surface area contributed by atoms with Crippen LogP contribution < -0.4 is 4.72 Å². The quantitative estimate of drug-likeness (QED) is 0.563. The van der Waals surface area contributed by atoms with Crippen molar-refractivity contribution in [2.75, 3.05) is 13.1 Å². The Balaban J connectivity index is 1.43. The van der Waals surface area contributed by atoms with E-state index in [0.29, 0.717) is 41.3 Å². The Labute approximate surface area is 195 Å². The van der Waals surface area contributed by atoms with Crippen LogP contribution in [0.15, 0.2) is 80.0 Å². The van der Waals surface area contributed by atoms with Crippen LogP contribution in [0.3, 0.4) is 0 Å². The van der Waals surface area contributed by atoms with Crippen molar-refractivity contribution in [1.82, 2.24) is 9.62 Å². The fraction of sp³-hybridized carbons (Fsp3) is 0.217. The molecule has 0 bridgehead atoms. The van der Waals surface area contributed by atoms with Gasteiger partial charge in [-0.15, -0.1) is 11.3 Å². The van der Waals surface area contributed by atoms with Crippen LogP contribution >= 0.6 is 23.1 Å². The van der Waals surface area contributed by atoms with Gasteiger partial charge in [0.25, 0.3) is 5.91 Å². The van der Waals surface area contributed by atoms with Crippen molar-refractivity contribution in [3.05, 3.63) is 77.2 Å². The summed E-state index contributed by atoms with van der Waals surface area (Å²) in [6, 6.07) is 20.0. The number of carbonyl (C=O) groups is 1. The van der Waals surface area contributed by atoms with Crippen molar-refractivity contribution in [3.8, 4) is 6.07 Å². The summed E-state index contributed by atoms with van der Waals surface area (Å²) in [5.74, 6) is -0.0814. The molecule has 1 aromatic heterocycles. The average Bonchev–Trinajstić information content (AvgIpc) is 3.36. The van der Waals surface area contributed by atoms with Gasteiger partial charge in [-0.3, -0.25) is 4.79 Å². The number of rotatable bonds is 6. The number of nitriles is 1. The number of nitrogens with one attached hydrogen (secondary N) is 1. The lowest BCUT2D eigenvalue weighted by molar-refractivity contribution is 0.0708. The zero-order chi connectivity index (χ0) is 22.6. The predicted molar refractivity (Wildman–Crippen MR) is 125 cm³/mol. The van der Waals surface area contributed by atoms with Crippen molar-refractivity contribution >= 4 is 39.0 Å². The van der Waals surface area contributed by atoms with E-state index in [1.54, 1.807) is 34.5 Å². The summed E-state index contributed by atoms with van der Waals surface area (Å²) in [5, 5.41) is 11.1. The number of nitrogens with zero attached hydrogens (tertiary/aromatic N) is 2. The molecular weight excluding hydrogens is 462 g/mol. The molecule has 3 aromatic rings. The molecule has 1 amide bonds. The number of likely N-dealkylation sites (tertiary alicyclic amines) is 1. The molecule has 1 aliphatic heterocycles. The lowest BCUT2D eigenvalue weighted by Gasteiger charge is -2.32. The van der Waals surface area contributed by atoms with Crippen molar-refractivity contribution in [2.45, 2.75) is 32.9 Å². The van der Waals surface area contributed by atoms with E-state index < -0.39 is 10.0 Å². The van der Waals surface area contributed by atoms with Crippen LogP contribution in [0, 0.1) is 11.3 Å². The van der Waals surface area contributed by atoms with E-state index >= 15 is 0 Å². The Morgan fingerprint density at radius 3 is 2.41 bits per heavy atom. The average molecular weight is 484 g/mol. The van der Waals surface area contributed by atoms with Crippen molar-refractivity contribution in [2.24, 2.45) is 0 Å². The third kappa shape index (κ3) is 5.05. The van der Waals surface area contributed by atoms with E-state index in [4.69, 9.17) is 0 Å². The molecule has 2 aromatic carbocycles. The Morgan fingerprint density at radius 2 is 1.72 bits per heavy atom. The molecule has 32 heavy (non-hydrogen) atoms. The molecule has 1 aliphatic rings. The first-order valence-corrected chi connectivity index (χ1v) is 13.3. The molecule has 1 fully saturated rings. The second-order valence-electron chi connectivity index (χ2n) is 7.33. The summed E-state index contributed by atoms with van der Waals surface area (Å²) in [4.78, 5) is 16.6. The monoisotopic (exact) mass is 483 g/mol. The van der Waals surface area contributed by atoms with Crippen LogP contribution in [0.4, 0.5) is 0 Å². The molecule has 0 spiro atoms. The number of carbonyl (C=O) groups excluding carboxylic acids is 1. The molecule has 0 aliphatic carbocycles. The summed E-state index contributed by atoms with van der Waals surface area (Å²) >= 11 is 2.59. The third-order valence-corrected chi connectivity index (χ3v) is 9.28. The zero-order valence-corrected chi connectivity index (χ0v) is 19.6. The number of piperidine rings is 1.